The smallest absolute Gasteiger partial charge is 0.237 e. The SMILES string of the molecule is CC(CNC(=O)C(C)N1C[C@@H](CN)[C@H](c2ccccc2)C1)c1ccccc1. The molecule has 0 aromatic heterocycles. The van der Waals surface area contributed by atoms with Crippen molar-refractivity contribution in [2.24, 2.45) is 11.7 Å². The van der Waals surface area contributed by atoms with Gasteiger partial charge in [0, 0.05) is 25.6 Å². The van der Waals surface area contributed by atoms with Crippen LogP contribution in [0, 0.1) is 5.92 Å². The molecule has 4 nitrogen and oxygen atoms in total. The monoisotopic (exact) mass is 365 g/mol. The van der Waals surface area contributed by atoms with Gasteiger partial charge in [-0.15, -0.1) is 0 Å². The molecule has 27 heavy (non-hydrogen) atoms. The van der Waals surface area contributed by atoms with Crippen LogP contribution in [0.5, 0.6) is 0 Å². The number of hydrogen-bond donors (Lipinski definition) is 2. The second-order valence-corrected chi connectivity index (χ2v) is 7.70. The average Bonchev–Trinajstić information content (AvgIpc) is 3.17. The van der Waals surface area contributed by atoms with E-state index in [0.29, 0.717) is 30.8 Å². The van der Waals surface area contributed by atoms with Crippen LogP contribution in [0.4, 0.5) is 0 Å². The van der Waals surface area contributed by atoms with Crippen LogP contribution < -0.4 is 11.1 Å². The molecule has 4 atom stereocenters. The Morgan fingerprint density at radius 1 is 1.07 bits per heavy atom. The van der Waals surface area contributed by atoms with Crippen molar-refractivity contribution >= 4 is 5.91 Å². The summed E-state index contributed by atoms with van der Waals surface area (Å²) in [5.74, 6) is 1.19. The minimum atomic E-state index is -0.143. The van der Waals surface area contributed by atoms with Gasteiger partial charge >= 0.3 is 0 Å². The van der Waals surface area contributed by atoms with Crippen LogP contribution in [0.3, 0.4) is 0 Å². The summed E-state index contributed by atoms with van der Waals surface area (Å²) >= 11 is 0. The molecule has 1 aliphatic rings. The van der Waals surface area contributed by atoms with Gasteiger partial charge in [-0.1, -0.05) is 67.6 Å². The summed E-state index contributed by atoms with van der Waals surface area (Å²) in [6.45, 7) is 7.21. The minimum absolute atomic E-state index is 0.0993. The molecule has 4 heteroatoms. The summed E-state index contributed by atoms with van der Waals surface area (Å²) < 4.78 is 0. The summed E-state index contributed by atoms with van der Waals surface area (Å²) in [6, 6.07) is 20.7. The number of nitrogens with zero attached hydrogens (tertiary/aromatic N) is 1. The van der Waals surface area contributed by atoms with E-state index in [-0.39, 0.29) is 11.9 Å². The Balaban J connectivity index is 1.57. The summed E-state index contributed by atoms with van der Waals surface area (Å²) in [5, 5.41) is 3.13. The highest BCUT2D eigenvalue weighted by molar-refractivity contribution is 5.81. The molecule has 0 radical (unpaired) electrons. The van der Waals surface area contributed by atoms with Crippen LogP contribution >= 0.6 is 0 Å². The highest BCUT2D eigenvalue weighted by Crippen LogP contribution is 2.33. The number of rotatable bonds is 7. The molecular formula is C23H31N3O. The molecule has 0 saturated carbocycles. The summed E-state index contributed by atoms with van der Waals surface area (Å²) in [7, 11) is 0. The Labute approximate surface area is 162 Å². The van der Waals surface area contributed by atoms with Gasteiger partial charge in [-0.25, -0.2) is 0 Å². The number of carbonyl (C=O) groups is 1. The molecule has 144 valence electrons. The van der Waals surface area contributed by atoms with Gasteiger partial charge in [-0.2, -0.15) is 0 Å². The summed E-state index contributed by atoms with van der Waals surface area (Å²) in [5.41, 5.74) is 8.60. The highest BCUT2D eigenvalue weighted by atomic mass is 16.2. The lowest BCUT2D eigenvalue weighted by Gasteiger charge is -2.24. The first kappa shape index (κ1) is 19.6. The molecule has 1 aliphatic heterocycles. The van der Waals surface area contributed by atoms with Crippen molar-refractivity contribution in [2.75, 3.05) is 26.2 Å². The van der Waals surface area contributed by atoms with Crippen molar-refractivity contribution in [3.05, 3.63) is 71.8 Å². The van der Waals surface area contributed by atoms with Crippen molar-refractivity contribution in [3.63, 3.8) is 0 Å². The molecule has 0 aliphatic carbocycles. The molecule has 1 amide bonds. The first-order valence-electron chi connectivity index (χ1n) is 9.91. The highest BCUT2D eigenvalue weighted by Gasteiger charge is 2.36. The quantitative estimate of drug-likeness (QED) is 0.793. The van der Waals surface area contributed by atoms with Gasteiger partial charge in [-0.3, -0.25) is 9.69 Å². The van der Waals surface area contributed by atoms with E-state index >= 15 is 0 Å². The maximum Gasteiger partial charge on any atom is 0.237 e. The molecule has 1 fully saturated rings. The van der Waals surface area contributed by atoms with E-state index in [1.165, 1.54) is 11.1 Å². The van der Waals surface area contributed by atoms with E-state index in [4.69, 9.17) is 5.73 Å². The third kappa shape index (κ3) is 4.76. The molecule has 2 aromatic rings. The molecule has 3 rings (SSSR count). The second kappa shape index (κ2) is 9.16. The summed E-state index contributed by atoms with van der Waals surface area (Å²) in [6.07, 6.45) is 0. The van der Waals surface area contributed by atoms with Crippen LogP contribution in [0.15, 0.2) is 60.7 Å². The molecule has 1 heterocycles. The topological polar surface area (TPSA) is 58.4 Å². The zero-order chi connectivity index (χ0) is 19.2. The molecule has 2 unspecified atom stereocenters. The van der Waals surface area contributed by atoms with Crippen LogP contribution in [-0.2, 0) is 4.79 Å². The van der Waals surface area contributed by atoms with Crippen LogP contribution in [0.1, 0.15) is 36.8 Å². The first-order chi connectivity index (χ1) is 13.1. The van der Waals surface area contributed by atoms with Crippen molar-refractivity contribution < 1.29 is 4.79 Å². The Bertz CT molecular complexity index is 719. The number of nitrogens with two attached hydrogens (primary N) is 1. The van der Waals surface area contributed by atoms with Gasteiger partial charge in [-0.05, 0) is 36.4 Å². The van der Waals surface area contributed by atoms with Crippen molar-refractivity contribution in [1.29, 1.82) is 0 Å². The Morgan fingerprint density at radius 2 is 1.70 bits per heavy atom. The van der Waals surface area contributed by atoms with E-state index in [1.807, 2.05) is 31.2 Å². The Hall–Kier alpha value is -2.17. The van der Waals surface area contributed by atoms with Crippen molar-refractivity contribution in [3.8, 4) is 0 Å². The molecule has 3 N–H and O–H groups in total. The van der Waals surface area contributed by atoms with Gasteiger partial charge in [0.05, 0.1) is 6.04 Å². The largest absolute Gasteiger partial charge is 0.354 e. The number of amides is 1. The predicted molar refractivity (Wildman–Crippen MR) is 111 cm³/mol. The standard InChI is InChI=1S/C23H31N3O/c1-17(19-9-5-3-6-10-19)14-25-23(27)18(2)26-15-21(13-24)22(16-26)20-11-7-4-8-12-20/h3-12,17-18,21-22H,13-16,24H2,1-2H3,(H,25,27)/t17?,18?,21-,22+/m1/s1. The maximum atomic E-state index is 12.7. The van der Waals surface area contributed by atoms with Gasteiger partial charge in [0.1, 0.15) is 0 Å². The normalized spacial score (nSPS) is 22.3. The van der Waals surface area contributed by atoms with Gasteiger partial charge in [0.2, 0.25) is 5.91 Å². The molecule has 1 saturated heterocycles. The first-order valence-corrected chi connectivity index (χ1v) is 9.91. The molecule has 0 bridgehead atoms. The van der Waals surface area contributed by atoms with E-state index in [1.54, 1.807) is 0 Å². The molecular weight excluding hydrogens is 334 g/mol. The number of carbonyl (C=O) groups excluding carboxylic acids is 1. The number of nitrogens with one attached hydrogen (secondary N) is 1. The zero-order valence-electron chi connectivity index (χ0n) is 16.3. The zero-order valence-corrected chi connectivity index (χ0v) is 16.3. The van der Waals surface area contributed by atoms with Crippen LogP contribution in [-0.4, -0.2) is 43.0 Å². The third-order valence-electron chi connectivity index (χ3n) is 5.88. The minimum Gasteiger partial charge on any atom is -0.354 e. The lowest BCUT2D eigenvalue weighted by atomic mass is 9.89. The molecule has 0 spiro atoms. The Kier molecular flexibility index (Phi) is 6.64. The number of hydrogen-bond acceptors (Lipinski definition) is 3. The Morgan fingerprint density at radius 3 is 2.33 bits per heavy atom. The second-order valence-electron chi connectivity index (χ2n) is 7.70. The lowest BCUT2D eigenvalue weighted by molar-refractivity contribution is -0.125. The molecule has 2 aromatic carbocycles. The van der Waals surface area contributed by atoms with Crippen LogP contribution in [0.25, 0.3) is 0 Å². The number of likely N-dealkylation sites (tertiary alicyclic amines) is 1. The average molecular weight is 366 g/mol. The fourth-order valence-corrected chi connectivity index (χ4v) is 4.00. The van der Waals surface area contributed by atoms with Gasteiger partial charge in [0.25, 0.3) is 0 Å². The van der Waals surface area contributed by atoms with E-state index < -0.39 is 0 Å². The van der Waals surface area contributed by atoms with E-state index in [9.17, 15) is 4.79 Å². The van der Waals surface area contributed by atoms with E-state index in [0.717, 1.165) is 13.1 Å². The van der Waals surface area contributed by atoms with E-state index in [2.05, 4.69) is 53.5 Å². The van der Waals surface area contributed by atoms with Crippen molar-refractivity contribution in [1.82, 2.24) is 10.2 Å². The van der Waals surface area contributed by atoms with Crippen LogP contribution in [0.2, 0.25) is 0 Å². The number of benzene rings is 2. The summed E-state index contributed by atoms with van der Waals surface area (Å²) in [4.78, 5) is 15.0. The fourth-order valence-electron chi connectivity index (χ4n) is 4.00. The van der Waals surface area contributed by atoms with Gasteiger partial charge in [0.15, 0.2) is 0 Å². The van der Waals surface area contributed by atoms with Crippen molar-refractivity contribution in [2.45, 2.75) is 31.7 Å². The third-order valence-corrected chi connectivity index (χ3v) is 5.88. The predicted octanol–water partition coefficient (Wildman–Crippen LogP) is 2.97. The van der Waals surface area contributed by atoms with Gasteiger partial charge < -0.3 is 11.1 Å². The maximum absolute atomic E-state index is 12.7. The lowest BCUT2D eigenvalue weighted by Crippen LogP contribution is -2.45. The fraction of sp³-hybridized carbons (Fsp3) is 0.435.